The lowest BCUT2D eigenvalue weighted by molar-refractivity contribution is -0.120. The molecule has 2 aromatic carbocycles. The minimum atomic E-state index is -0.354. The Balaban J connectivity index is 1.87. The lowest BCUT2D eigenvalue weighted by Crippen LogP contribution is -2.29. The number of pyridine rings is 1. The van der Waals surface area contributed by atoms with Gasteiger partial charge in [0, 0.05) is 11.3 Å². The Morgan fingerprint density at radius 1 is 1.11 bits per heavy atom. The zero-order chi connectivity index (χ0) is 20.3. The first kappa shape index (κ1) is 20.0. The number of carbonyl (C=O) groups excluding carboxylic acids is 1. The summed E-state index contributed by atoms with van der Waals surface area (Å²) in [5.41, 5.74) is 2.95. The van der Waals surface area contributed by atoms with Gasteiger partial charge in [0.05, 0.1) is 11.9 Å². The van der Waals surface area contributed by atoms with Gasteiger partial charge in [-0.15, -0.1) is 0 Å². The molecule has 0 unspecified atom stereocenters. The van der Waals surface area contributed by atoms with Gasteiger partial charge in [-0.05, 0) is 42.4 Å². The zero-order valence-electron chi connectivity index (χ0n) is 16.9. The highest BCUT2D eigenvalue weighted by Crippen LogP contribution is 2.29. The summed E-state index contributed by atoms with van der Waals surface area (Å²) in [7, 11) is 0. The first-order valence-corrected chi connectivity index (χ1v) is 9.63. The van der Waals surface area contributed by atoms with Crippen LogP contribution < -0.4 is 5.32 Å². The quantitative estimate of drug-likeness (QED) is 0.599. The van der Waals surface area contributed by atoms with E-state index in [1.807, 2.05) is 31.2 Å². The van der Waals surface area contributed by atoms with Gasteiger partial charge in [0.2, 0.25) is 5.91 Å². The van der Waals surface area contributed by atoms with E-state index in [-0.39, 0.29) is 23.1 Å². The summed E-state index contributed by atoms with van der Waals surface area (Å²) >= 11 is 0. The van der Waals surface area contributed by atoms with Crippen molar-refractivity contribution in [2.45, 2.75) is 40.5 Å². The maximum atomic E-state index is 14.0. The number of hydrogen-bond acceptors (Lipinski definition) is 2. The second kappa shape index (κ2) is 8.09. The average Bonchev–Trinajstić information content (AvgIpc) is 2.64. The summed E-state index contributed by atoms with van der Waals surface area (Å²) in [6.07, 6.45) is 3.00. The molecule has 0 spiro atoms. The van der Waals surface area contributed by atoms with Crippen LogP contribution in [0.15, 0.2) is 54.7 Å². The molecule has 0 bridgehead atoms. The standard InChI is InChI=1S/C24H27FN2O/c1-16-19-11-8-12-20(25)22(19)26-15-21(16)27-23(28)18(14-24(2,3)4)13-17-9-6-5-7-10-17/h5-12,15,18H,13-14H2,1-4H3,(H,27,28)/t18-/m1/s1. The molecule has 1 N–H and O–H groups in total. The van der Waals surface area contributed by atoms with E-state index in [4.69, 9.17) is 0 Å². The average molecular weight is 378 g/mol. The van der Waals surface area contributed by atoms with E-state index in [0.717, 1.165) is 17.5 Å². The van der Waals surface area contributed by atoms with Crippen molar-refractivity contribution >= 4 is 22.5 Å². The van der Waals surface area contributed by atoms with Crippen molar-refractivity contribution in [2.75, 3.05) is 5.32 Å². The van der Waals surface area contributed by atoms with Crippen LogP contribution in [0.1, 0.15) is 38.3 Å². The maximum absolute atomic E-state index is 14.0. The highest BCUT2D eigenvalue weighted by molar-refractivity contribution is 5.96. The third-order valence-electron chi connectivity index (χ3n) is 4.93. The first-order valence-electron chi connectivity index (χ1n) is 9.63. The molecule has 3 aromatic rings. The van der Waals surface area contributed by atoms with Gasteiger partial charge >= 0.3 is 0 Å². The highest BCUT2D eigenvalue weighted by atomic mass is 19.1. The molecular weight excluding hydrogens is 351 g/mol. The molecule has 1 amide bonds. The molecule has 0 saturated heterocycles. The summed E-state index contributed by atoms with van der Waals surface area (Å²) in [5, 5.41) is 3.76. The van der Waals surface area contributed by atoms with E-state index in [0.29, 0.717) is 23.0 Å². The van der Waals surface area contributed by atoms with Gasteiger partial charge in [0.25, 0.3) is 0 Å². The van der Waals surface area contributed by atoms with Crippen LogP contribution in [0.3, 0.4) is 0 Å². The summed E-state index contributed by atoms with van der Waals surface area (Å²) in [4.78, 5) is 17.4. The number of halogens is 1. The zero-order valence-corrected chi connectivity index (χ0v) is 16.9. The Morgan fingerprint density at radius 2 is 1.82 bits per heavy atom. The summed E-state index contributed by atoms with van der Waals surface area (Å²) < 4.78 is 14.0. The summed E-state index contributed by atoms with van der Waals surface area (Å²) in [5.74, 6) is -0.544. The van der Waals surface area contributed by atoms with Crippen molar-refractivity contribution < 1.29 is 9.18 Å². The minimum absolute atomic E-state index is 0.0244. The van der Waals surface area contributed by atoms with Crippen LogP contribution in [-0.4, -0.2) is 10.9 Å². The molecule has 3 rings (SSSR count). The van der Waals surface area contributed by atoms with Gasteiger partial charge in [-0.25, -0.2) is 4.39 Å². The lowest BCUT2D eigenvalue weighted by atomic mass is 9.81. The van der Waals surface area contributed by atoms with Crippen LogP contribution in [0.25, 0.3) is 10.9 Å². The number of carbonyl (C=O) groups is 1. The first-order chi connectivity index (χ1) is 13.2. The fourth-order valence-electron chi connectivity index (χ4n) is 3.58. The fraction of sp³-hybridized carbons (Fsp3) is 0.333. The number of benzene rings is 2. The number of nitrogens with zero attached hydrogens (tertiary/aromatic N) is 1. The Morgan fingerprint density at radius 3 is 2.50 bits per heavy atom. The Labute approximate surface area is 166 Å². The minimum Gasteiger partial charge on any atom is -0.324 e. The fourth-order valence-corrected chi connectivity index (χ4v) is 3.58. The van der Waals surface area contributed by atoms with Gasteiger partial charge in [-0.3, -0.25) is 9.78 Å². The Kier molecular flexibility index (Phi) is 5.78. The number of para-hydroxylation sites is 1. The molecule has 4 heteroatoms. The SMILES string of the molecule is Cc1c(NC(=O)[C@H](Cc2ccccc2)CC(C)(C)C)cnc2c(F)cccc12. The number of rotatable bonds is 5. The Hall–Kier alpha value is -2.75. The smallest absolute Gasteiger partial charge is 0.227 e. The number of anilines is 1. The third-order valence-corrected chi connectivity index (χ3v) is 4.93. The number of hydrogen-bond donors (Lipinski definition) is 1. The molecule has 0 aliphatic carbocycles. The van der Waals surface area contributed by atoms with E-state index in [2.05, 4.69) is 43.2 Å². The van der Waals surface area contributed by atoms with E-state index >= 15 is 0 Å². The normalized spacial score (nSPS) is 12.8. The number of amides is 1. The molecule has 0 radical (unpaired) electrons. The molecule has 146 valence electrons. The summed E-state index contributed by atoms with van der Waals surface area (Å²) in [6, 6.07) is 14.9. The van der Waals surface area contributed by atoms with Crippen molar-refractivity contribution in [1.82, 2.24) is 4.98 Å². The molecule has 0 fully saturated rings. The van der Waals surface area contributed by atoms with Crippen LogP contribution in [-0.2, 0) is 11.2 Å². The van der Waals surface area contributed by atoms with E-state index in [9.17, 15) is 9.18 Å². The highest BCUT2D eigenvalue weighted by Gasteiger charge is 2.26. The predicted octanol–water partition coefficient (Wildman–Crippen LogP) is 5.92. The van der Waals surface area contributed by atoms with Crippen LogP contribution in [0, 0.1) is 24.1 Å². The second-order valence-electron chi connectivity index (χ2n) is 8.57. The van der Waals surface area contributed by atoms with Crippen molar-refractivity contribution in [3.8, 4) is 0 Å². The monoisotopic (exact) mass is 378 g/mol. The molecule has 1 heterocycles. The van der Waals surface area contributed by atoms with Crippen LogP contribution >= 0.6 is 0 Å². The van der Waals surface area contributed by atoms with Crippen molar-refractivity contribution in [3.05, 3.63) is 71.7 Å². The number of nitrogens with one attached hydrogen (secondary N) is 1. The third kappa shape index (κ3) is 4.75. The van der Waals surface area contributed by atoms with E-state index in [1.54, 1.807) is 12.3 Å². The molecule has 3 nitrogen and oxygen atoms in total. The van der Waals surface area contributed by atoms with Crippen molar-refractivity contribution in [2.24, 2.45) is 11.3 Å². The van der Waals surface area contributed by atoms with Gasteiger partial charge in [-0.1, -0.05) is 63.2 Å². The van der Waals surface area contributed by atoms with Crippen LogP contribution in [0.5, 0.6) is 0 Å². The molecule has 0 saturated carbocycles. The van der Waals surface area contributed by atoms with E-state index < -0.39 is 0 Å². The second-order valence-corrected chi connectivity index (χ2v) is 8.57. The van der Waals surface area contributed by atoms with Crippen molar-refractivity contribution in [3.63, 3.8) is 0 Å². The number of aryl methyl sites for hydroxylation is 1. The molecule has 0 aliphatic rings. The number of fused-ring (bicyclic) bond motifs is 1. The predicted molar refractivity (Wildman–Crippen MR) is 113 cm³/mol. The van der Waals surface area contributed by atoms with Crippen LogP contribution in [0.2, 0.25) is 0 Å². The van der Waals surface area contributed by atoms with Gasteiger partial charge < -0.3 is 5.32 Å². The molecule has 1 aromatic heterocycles. The van der Waals surface area contributed by atoms with Crippen LogP contribution in [0.4, 0.5) is 10.1 Å². The summed E-state index contributed by atoms with van der Waals surface area (Å²) in [6.45, 7) is 8.31. The largest absolute Gasteiger partial charge is 0.324 e. The lowest BCUT2D eigenvalue weighted by Gasteiger charge is -2.26. The van der Waals surface area contributed by atoms with Gasteiger partial charge in [0.15, 0.2) is 0 Å². The number of aromatic nitrogens is 1. The maximum Gasteiger partial charge on any atom is 0.227 e. The molecule has 28 heavy (non-hydrogen) atoms. The Bertz CT molecular complexity index is 977. The molecular formula is C24H27FN2O. The topological polar surface area (TPSA) is 42.0 Å². The van der Waals surface area contributed by atoms with Gasteiger partial charge in [-0.2, -0.15) is 0 Å². The molecule has 1 atom stereocenters. The molecule has 0 aliphatic heterocycles. The van der Waals surface area contributed by atoms with E-state index in [1.165, 1.54) is 6.07 Å². The van der Waals surface area contributed by atoms with Crippen molar-refractivity contribution in [1.29, 1.82) is 0 Å². The van der Waals surface area contributed by atoms with Gasteiger partial charge in [0.1, 0.15) is 11.3 Å².